The number of hydrogen-bond acceptors (Lipinski definition) is 3. The van der Waals surface area contributed by atoms with Gasteiger partial charge in [0.2, 0.25) is 0 Å². The van der Waals surface area contributed by atoms with Gasteiger partial charge >= 0.3 is 0 Å². The molecule has 4 heterocycles. The molecule has 0 radical (unpaired) electrons. The van der Waals surface area contributed by atoms with E-state index in [1.165, 1.54) is 27.8 Å². The van der Waals surface area contributed by atoms with Crippen LogP contribution >= 0.6 is 0 Å². The molecule has 0 N–H and O–H groups in total. The Balaban J connectivity index is 0.000000491. The number of rotatable bonds is 12. The molecule has 0 bridgehead atoms. The van der Waals surface area contributed by atoms with Crippen LogP contribution in [0.1, 0.15) is 41.5 Å². The fourth-order valence-electron chi connectivity index (χ4n) is 11.2. The predicted molar refractivity (Wildman–Crippen MR) is 382 cm³/mol. The first kappa shape index (κ1) is 59.7. The minimum atomic E-state index is 0.557. The van der Waals surface area contributed by atoms with Crippen LogP contribution in [0.5, 0.6) is 0 Å². The first-order valence-corrected chi connectivity index (χ1v) is 30.7. The second-order valence-corrected chi connectivity index (χ2v) is 21.9. The van der Waals surface area contributed by atoms with Crippen LogP contribution in [0.25, 0.3) is 134 Å². The van der Waals surface area contributed by atoms with E-state index < -0.39 is 0 Å². The molecule has 0 unspecified atom stereocenters. The molecule has 0 aliphatic rings. The second kappa shape index (κ2) is 28.0. The van der Waals surface area contributed by atoms with Gasteiger partial charge < -0.3 is 0 Å². The largest absolute Gasteiger partial charge is 0.294 e. The Hall–Kier alpha value is -11.0. The highest BCUT2D eigenvalue weighted by Gasteiger charge is 2.22. The summed E-state index contributed by atoms with van der Waals surface area (Å²) in [6.07, 6.45) is 9.82. The normalized spacial score (nSPS) is 11.1. The van der Waals surface area contributed by atoms with Gasteiger partial charge in [0.1, 0.15) is 11.6 Å². The predicted octanol–water partition coefficient (Wildman–Crippen LogP) is 23.3. The van der Waals surface area contributed by atoms with Crippen molar-refractivity contribution in [2.24, 2.45) is 5.92 Å². The van der Waals surface area contributed by atoms with Crippen LogP contribution in [0.15, 0.2) is 322 Å². The summed E-state index contributed by atoms with van der Waals surface area (Å²) >= 11 is 0. The third-order valence-electron chi connectivity index (χ3n) is 15.7. The van der Waals surface area contributed by atoms with Gasteiger partial charge in [-0.1, -0.05) is 276 Å². The van der Waals surface area contributed by atoms with Gasteiger partial charge in [0.05, 0.1) is 33.5 Å². The molecule has 4 aromatic heterocycles. The molecule has 0 fully saturated rings. The van der Waals surface area contributed by atoms with Crippen molar-refractivity contribution in [2.45, 2.75) is 41.5 Å². The highest BCUT2D eigenvalue weighted by molar-refractivity contribution is 6.13. The quantitative estimate of drug-likeness (QED) is 0.0905. The maximum Gasteiger partial charge on any atom is 0.160 e. The molecule has 0 atom stereocenters. The van der Waals surface area contributed by atoms with Crippen molar-refractivity contribution in [1.29, 1.82) is 0 Å². The molecule has 0 aliphatic heterocycles. The summed E-state index contributed by atoms with van der Waals surface area (Å²) in [5.74, 6) is 2.76. The Kier molecular flexibility index (Phi) is 18.8. The zero-order valence-corrected chi connectivity index (χ0v) is 51.6. The van der Waals surface area contributed by atoms with Crippen LogP contribution in [0.3, 0.4) is 0 Å². The van der Waals surface area contributed by atoms with E-state index in [2.05, 4.69) is 285 Å². The van der Waals surface area contributed by atoms with Gasteiger partial charge in [-0.3, -0.25) is 9.13 Å². The molecule has 434 valence electrons. The first-order chi connectivity index (χ1) is 43.8. The zero-order chi connectivity index (χ0) is 61.6. The van der Waals surface area contributed by atoms with Gasteiger partial charge in [0.15, 0.2) is 5.82 Å². The van der Waals surface area contributed by atoms with E-state index in [-0.39, 0.29) is 0 Å². The maximum absolute atomic E-state index is 5.81. The fourth-order valence-corrected chi connectivity index (χ4v) is 11.2. The summed E-state index contributed by atoms with van der Waals surface area (Å²) in [4.78, 5) is 16.4. The smallest absolute Gasteiger partial charge is 0.160 e. The Bertz CT molecular complexity index is 4320. The van der Waals surface area contributed by atoms with Crippen LogP contribution < -0.4 is 0 Å². The van der Waals surface area contributed by atoms with E-state index in [4.69, 9.17) is 15.0 Å². The lowest BCUT2D eigenvalue weighted by Gasteiger charge is -2.16. The van der Waals surface area contributed by atoms with E-state index in [9.17, 15) is 0 Å². The molecule has 10 aromatic carbocycles. The van der Waals surface area contributed by atoms with Crippen LogP contribution in [0.2, 0.25) is 0 Å². The summed E-state index contributed by atoms with van der Waals surface area (Å²) in [6, 6.07) is 97.1. The third kappa shape index (κ3) is 13.1. The third-order valence-corrected chi connectivity index (χ3v) is 15.7. The van der Waals surface area contributed by atoms with Crippen molar-refractivity contribution in [3.8, 4) is 90.0 Å². The number of nitrogens with zero attached hydrogens (tertiary/aromatic N) is 5. The summed E-state index contributed by atoms with van der Waals surface area (Å²) in [7, 11) is 0. The number of fused-ring (bicyclic) bond motifs is 6. The maximum atomic E-state index is 5.81. The highest BCUT2D eigenvalue weighted by atomic mass is 15.1. The van der Waals surface area contributed by atoms with E-state index in [0.29, 0.717) is 11.7 Å². The van der Waals surface area contributed by atoms with Gasteiger partial charge in [-0.05, 0) is 131 Å². The average molecular weight is 1150 g/mol. The summed E-state index contributed by atoms with van der Waals surface area (Å²) in [5.41, 5.74) is 19.2. The molecule has 0 spiro atoms. The van der Waals surface area contributed by atoms with Gasteiger partial charge in [-0.25, -0.2) is 15.0 Å². The molecule has 0 saturated carbocycles. The van der Waals surface area contributed by atoms with Crippen molar-refractivity contribution in [3.05, 3.63) is 322 Å². The molecule has 0 amide bonds. The topological polar surface area (TPSA) is 48.5 Å². The van der Waals surface area contributed by atoms with E-state index in [1.807, 2.05) is 76.3 Å². The number of hydrogen-bond donors (Lipinski definition) is 0. The minimum Gasteiger partial charge on any atom is -0.294 e. The molecular formula is C84H73N5. The number of benzene rings is 10. The standard InChI is InChI=1S/C69H45N5.C10H16.C3H6.C2H6/c1-7-19-46(20-8-1)52-31-35-63-57(39-52)58-40-53(47-21-9-2-10-22-47)32-36-64(58)73(63)67-43-56(62-45-61(50-27-15-5-16-28-50)70-69(71-62)51-29-17-6-18-30-51)44-68(72-67)74-65-37-33-54(48-23-11-3-12-24-48)41-59(65)60-42-55(34-38-66(60)74)49-25-13-4-14-26-49;1-5-6-7-8-10(4)9(2)3;1-3-2;1-2/h1-45H;5-9H,4H2,1-3H3;3H,1H2,2H3;1-2H3/b;6-5-,8-7-;;. The molecule has 0 aliphatic carbocycles. The molecule has 5 heteroatoms. The lowest BCUT2D eigenvalue weighted by molar-refractivity contribution is 0.795. The van der Waals surface area contributed by atoms with Crippen LogP contribution in [-0.2, 0) is 0 Å². The van der Waals surface area contributed by atoms with E-state index >= 15 is 0 Å². The van der Waals surface area contributed by atoms with Gasteiger partial charge in [0, 0.05) is 38.2 Å². The number of allylic oxidation sites excluding steroid dienone is 6. The van der Waals surface area contributed by atoms with Crippen LogP contribution in [-0.4, -0.2) is 24.1 Å². The van der Waals surface area contributed by atoms with Gasteiger partial charge in [0.25, 0.3) is 0 Å². The Morgan fingerprint density at radius 1 is 0.348 bits per heavy atom. The van der Waals surface area contributed by atoms with Crippen molar-refractivity contribution < 1.29 is 0 Å². The zero-order valence-electron chi connectivity index (χ0n) is 51.6. The lowest BCUT2D eigenvalue weighted by atomic mass is 10.0. The molecule has 5 nitrogen and oxygen atoms in total. The Labute approximate surface area is 524 Å². The monoisotopic (exact) mass is 1150 g/mol. The summed E-state index contributed by atoms with van der Waals surface area (Å²) in [6.45, 7) is 19.4. The van der Waals surface area contributed by atoms with Gasteiger partial charge in [-0.2, -0.15) is 0 Å². The Morgan fingerprint density at radius 2 is 0.652 bits per heavy atom. The molecular weight excluding hydrogens is 1080 g/mol. The molecule has 14 aromatic rings. The van der Waals surface area contributed by atoms with E-state index in [1.54, 1.807) is 6.08 Å². The van der Waals surface area contributed by atoms with Gasteiger partial charge in [-0.15, -0.1) is 6.58 Å². The van der Waals surface area contributed by atoms with Crippen molar-refractivity contribution in [2.75, 3.05) is 0 Å². The van der Waals surface area contributed by atoms with E-state index in [0.717, 1.165) is 106 Å². The lowest BCUT2D eigenvalue weighted by Crippen LogP contribution is -2.05. The summed E-state index contributed by atoms with van der Waals surface area (Å²) in [5, 5.41) is 4.58. The SMILES string of the molecule is C=C(/C=C\C=C/C)C(C)C.C=CC.CC.c1ccc(-c2ccc3c(c2)c2cc(-c4ccccc4)ccc2n3-c2cc(-c3cc(-c4ccccc4)nc(-c4ccccc4)n3)cc(-n3c4ccc(-c5ccccc5)cc4c4cc(-c5ccccc5)ccc43)n2)cc1. The average Bonchev–Trinajstić information content (AvgIpc) is 1.64. The van der Waals surface area contributed by atoms with Crippen molar-refractivity contribution >= 4 is 43.6 Å². The number of pyridine rings is 1. The molecule has 89 heavy (non-hydrogen) atoms. The molecule has 14 rings (SSSR count). The van der Waals surface area contributed by atoms with Crippen LogP contribution in [0.4, 0.5) is 0 Å². The fraction of sp³-hybridized carbons (Fsp3) is 0.0833. The van der Waals surface area contributed by atoms with Crippen molar-refractivity contribution in [3.63, 3.8) is 0 Å². The number of aromatic nitrogens is 5. The Morgan fingerprint density at radius 3 is 0.966 bits per heavy atom. The molecule has 0 saturated heterocycles. The minimum absolute atomic E-state index is 0.557. The van der Waals surface area contributed by atoms with Crippen molar-refractivity contribution in [1.82, 2.24) is 24.1 Å². The highest BCUT2D eigenvalue weighted by Crippen LogP contribution is 2.41. The summed E-state index contributed by atoms with van der Waals surface area (Å²) < 4.78 is 4.68. The first-order valence-electron chi connectivity index (χ1n) is 30.7. The second-order valence-electron chi connectivity index (χ2n) is 21.9. The van der Waals surface area contributed by atoms with Crippen LogP contribution in [0, 0.1) is 5.92 Å².